The zero-order chi connectivity index (χ0) is 33.9. The zero-order valence-corrected chi connectivity index (χ0v) is 26.7. The minimum absolute atomic E-state index is 0.00140. The number of aromatic nitrogens is 2. The first kappa shape index (κ1) is 34.4. The number of carbonyl (C=O) groups excluding carboxylic acids is 1. The molecule has 2 N–H and O–H groups in total. The van der Waals surface area contributed by atoms with Crippen LogP contribution in [0.1, 0.15) is 66.6 Å². The number of alkyl halides is 3. The molecule has 0 saturated heterocycles. The molecule has 0 fully saturated rings. The second-order valence-electron chi connectivity index (χ2n) is 12.3. The summed E-state index contributed by atoms with van der Waals surface area (Å²) in [6.45, 7) is 7.83. The van der Waals surface area contributed by atoms with Crippen molar-refractivity contribution in [3.8, 4) is 11.1 Å². The lowest BCUT2D eigenvalue weighted by molar-refractivity contribution is -0.139. The predicted molar refractivity (Wildman–Crippen MR) is 169 cm³/mol. The maximum Gasteiger partial charge on any atom is 0.416 e. The molecule has 2 heterocycles. The Morgan fingerprint density at radius 2 is 1.78 bits per heavy atom. The molecule has 1 amide bonds. The van der Waals surface area contributed by atoms with Gasteiger partial charge in [0.2, 0.25) is 5.91 Å². The summed E-state index contributed by atoms with van der Waals surface area (Å²) in [5.74, 6) is -2.00. The highest BCUT2D eigenvalue weighted by atomic mass is 19.4. The number of benzene rings is 2. The third kappa shape index (κ3) is 7.85. The summed E-state index contributed by atoms with van der Waals surface area (Å²) in [5, 5.41) is 12.7. The molecular formula is C34H39F3N4O5. The quantitative estimate of drug-likeness (QED) is 0.186. The summed E-state index contributed by atoms with van der Waals surface area (Å²) in [5.41, 5.74) is 2.75. The third-order valence-corrected chi connectivity index (χ3v) is 7.93. The number of rotatable bonds is 12. The monoisotopic (exact) mass is 640 g/mol. The maximum atomic E-state index is 14.0. The van der Waals surface area contributed by atoms with E-state index in [-0.39, 0.29) is 30.9 Å². The van der Waals surface area contributed by atoms with Gasteiger partial charge in [0.05, 0.1) is 18.0 Å². The van der Waals surface area contributed by atoms with E-state index in [1.807, 2.05) is 45.9 Å². The van der Waals surface area contributed by atoms with Crippen molar-refractivity contribution >= 4 is 23.0 Å². The van der Waals surface area contributed by atoms with E-state index in [0.717, 1.165) is 27.5 Å². The van der Waals surface area contributed by atoms with Crippen LogP contribution in [0.4, 0.5) is 13.2 Å². The SMILES string of the molecule is Cc1cccc(C)c1-c1cc([C@H](CC(=O)O)NC(=O)[C@@H](CC(C)C)n2cc(CCN(C)C)c(C(F)(F)F)cc2=O)cc2ncoc12. The van der Waals surface area contributed by atoms with E-state index in [9.17, 15) is 32.7 Å². The molecule has 246 valence electrons. The number of aryl methyl sites for hydroxylation is 2. The summed E-state index contributed by atoms with van der Waals surface area (Å²) in [6.07, 6.45) is -2.71. The molecule has 46 heavy (non-hydrogen) atoms. The van der Waals surface area contributed by atoms with E-state index in [1.165, 1.54) is 6.39 Å². The van der Waals surface area contributed by atoms with Crippen LogP contribution >= 0.6 is 0 Å². The Morgan fingerprint density at radius 3 is 2.37 bits per heavy atom. The highest BCUT2D eigenvalue weighted by Gasteiger charge is 2.36. The Labute approximate surface area is 265 Å². The van der Waals surface area contributed by atoms with Crippen LogP contribution in [0.3, 0.4) is 0 Å². The Hall–Kier alpha value is -4.45. The standard InChI is InChI=1S/C34H39F3N4O5/c1-19(2)12-28(41-17-22(10-11-40(5)6)25(15-29(41)42)34(35,36)37)33(45)39-26(16-30(43)44)23-13-24(32-27(14-23)38-18-46-32)31-20(3)8-7-9-21(31)4/h7-9,13-15,17-19,26,28H,10-12,16H2,1-6H3,(H,39,45)(H,43,44)/t26-,28+/m0/s1. The minimum Gasteiger partial charge on any atom is -0.481 e. The van der Waals surface area contributed by atoms with Crippen molar-refractivity contribution < 1.29 is 32.3 Å². The minimum atomic E-state index is -4.75. The fourth-order valence-corrected chi connectivity index (χ4v) is 5.75. The van der Waals surface area contributed by atoms with E-state index in [2.05, 4.69) is 10.3 Å². The van der Waals surface area contributed by atoms with Gasteiger partial charge in [-0.2, -0.15) is 13.2 Å². The Morgan fingerprint density at radius 1 is 1.11 bits per heavy atom. The normalized spacial score (nSPS) is 13.4. The molecule has 2 aromatic heterocycles. The Kier molecular flexibility index (Phi) is 10.4. The lowest BCUT2D eigenvalue weighted by atomic mass is 9.91. The van der Waals surface area contributed by atoms with Gasteiger partial charge in [0.15, 0.2) is 12.0 Å². The van der Waals surface area contributed by atoms with Crippen molar-refractivity contribution in [2.75, 3.05) is 20.6 Å². The first-order valence-corrected chi connectivity index (χ1v) is 15.0. The molecule has 0 unspecified atom stereocenters. The summed E-state index contributed by atoms with van der Waals surface area (Å²) in [6, 6.07) is 7.50. The summed E-state index contributed by atoms with van der Waals surface area (Å²) < 4.78 is 48.5. The van der Waals surface area contributed by atoms with Crippen LogP contribution < -0.4 is 10.9 Å². The average molecular weight is 641 g/mol. The first-order valence-electron chi connectivity index (χ1n) is 15.0. The molecule has 0 spiro atoms. The summed E-state index contributed by atoms with van der Waals surface area (Å²) >= 11 is 0. The fraction of sp³-hybridized carbons (Fsp3) is 0.412. The smallest absolute Gasteiger partial charge is 0.416 e. The van der Waals surface area contributed by atoms with E-state index in [1.54, 1.807) is 31.1 Å². The van der Waals surface area contributed by atoms with Crippen LogP contribution in [0.5, 0.6) is 0 Å². The largest absolute Gasteiger partial charge is 0.481 e. The van der Waals surface area contributed by atoms with Gasteiger partial charge in [-0.1, -0.05) is 32.0 Å². The van der Waals surface area contributed by atoms with Gasteiger partial charge in [0.25, 0.3) is 5.56 Å². The zero-order valence-electron chi connectivity index (χ0n) is 26.7. The topological polar surface area (TPSA) is 118 Å². The van der Waals surface area contributed by atoms with Crippen LogP contribution in [0, 0.1) is 19.8 Å². The molecular weight excluding hydrogens is 601 g/mol. The second-order valence-corrected chi connectivity index (χ2v) is 12.3. The van der Waals surface area contributed by atoms with Crippen molar-refractivity contribution in [2.24, 2.45) is 5.92 Å². The number of pyridine rings is 1. The van der Waals surface area contributed by atoms with Crippen molar-refractivity contribution in [1.29, 1.82) is 0 Å². The molecule has 0 aliphatic carbocycles. The molecule has 0 aliphatic heterocycles. The molecule has 4 rings (SSSR count). The molecule has 0 saturated carbocycles. The number of oxazole rings is 1. The van der Waals surface area contributed by atoms with E-state index >= 15 is 0 Å². The summed E-state index contributed by atoms with van der Waals surface area (Å²) in [7, 11) is 3.45. The number of carbonyl (C=O) groups is 2. The molecule has 2 atom stereocenters. The molecule has 0 bridgehead atoms. The van der Waals surface area contributed by atoms with Crippen molar-refractivity contribution in [3.05, 3.63) is 87.2 Å². The van der Waals surface area contributed by atoms with E-state index in [4.69, 9.17) is 4.42 Å². The van der Waals surface area contributed by atoms with E-state index < -0.39 is 47.7 Å². The molecule has 9 nitrogen and oxygen atoms in total. The van der Waals surface area contributed by atoms with Gasteiger partial charge in [-0.25, -0.2) is 4.98 Å². The number of aliphatic carboxylic acids is 1. The van der Waals surface area contributed by atoms with Crippen LogP contribution in [-0.2, 0) is 22.2 Å². The lowest BCUT2D eigenvalue weighted by Gasteiger charge is -2.26. The van der Waals surface area contributed by atoms with Gasteiger partial charge in [-0.15, -0.1) is 0 Å². The number of amides is 1. The Bertz CT molecular complexity index is 1770. The van der Waals surface area contributed by atoms with Crippen LogP contribution in [0.25, 0.3) is 22.2 Å². The van der Waals surface area contributed by atoms with Gasteiger partial charge in [-0.3, -0.25) is 14.4 Å². The van der Waals surface area contributed by atoms with E-state index in [0.29, 0.717) is 28.3 Å². The van der Waals surface area contributed by atoms with Crippen molar-refractivity contribution in [2.45, 2.75) is 65.2 Å². The van der Waals surface area contributed by atoms with Crippen LogP contribution in [-0.4, -0.2) is 52.1 Å². The molecule has 2 aromatic carbocycles. The maximum absolute atomic E-state index is 14.0. The van der Waals surface area contributed by atoms with Gasteiger partial charge in [-0.05, 0) is 86.7 Å². The van der Waals surface area contributed by atoms with Gasteiger partial charge < -0.3 is 24.3 Å². The number of nitrogens with one attached hydrogen (secondary N) is 1. The van der Waals surface area contributed by atoms with Crippen molar-refractivity contribution in [1.82, 2.24) is 19.8 Å². The first-order chi connectivity index (χ1) is 21.6. The fourth-order valence-electron chi connectivity index (χ4n) is 5.75. The lowest BCUT2D eigenvalue weighted by Crippen LogP contribution is -2.40. The molecule has 12 heteroatoms. The number of carboxylic acids is 1. The molecule has 0 radical (unpaired) electrons. The third-order valence-electron chi connectivity index (χ3n) is 7.93. The van der Waals surface area contributed by atoms with Crippen LogP contribution in [0.15, 0.2) is 58.2 Å². The average Bonchev–Trinajstić information content (AvgIpc) is 3.43. The number of hydrogen-bond donors (Lipinski definition) is 2. The van der Waals surface area contributed by atoms with Gasteiger partial charge >= 0.3 is 12.1 Å². The molecule has 4 aromatic rings. The Balaban J connectivity index is 1.81. The summed E-state index contributed by atoms with van der Waals surface area (Å²) in [4.78, 5) is 45.3. The van der Waals surface area contributed by atoms with Gasteiger partial charge in [0.1, 0.15) is 11.6 Å². The number of fused-ring (bicyclic) bond motifs is 1. The van der Waals surface area contributed by atoms with Crippen LogP contribution in [0.2, 0.25) is 0 Å². The van der Waals surface area contributed by atoms with Crippen molar-refractivity contribution in [3.63, 3.8) is 0 Å². The molecule has 0 aliphatic rings. The number of carboxylic acid groups (broad SMARTS) is 1. The highest BCUT2D eigenvalue weighted by molar-refractivity contribution is 5.93. The second kappa shape index (κ2) is 13.9. The number of hydrogen-bond acceptors (Lipinski definition) is 6. The number of nitrogens with zero attached hydrogens (tertiary/aromatic N) is 3. The number of likely N-dealkylation sites (N-methyl/N-ethyl adjacent to an activating group) is 1. The highest BCUT2D eigenvalue weighted by Crippen LogP contribution is 2.37. The number of halogens is 3. The van der Waals surface area contributed by atoms with Gasteiger partial charge in [0, 0.05) is 24.4 Å². The predicted octanol–water partition coefficient (Wildman–Crippen LogP) is 6.32.